The van der Waals surface area contributed by atoms with Crippen LogP contribution in [-0.2, 0) is 25.6 Å². The predicted molar refractivity (Wildman–Crippen MR) is 188 cm³/mol. The van der Waals surface area contributed by atoms with E-state index in [-0.39, 0.29) is 36.6 Å². The Morgan fingerprint density at radius 1 is 0.796 bits per heavy atom. The smallest absolute Gasteiger partial charge is 0.255 e. The van der Waals surface area contributed by atoms with Gasteiger partial charge in [0.25, 0.3) is 5.91 Å². The van der Waals surface area contributed by atoms with Crippen LogP contribution in [0.15, 0.2) is 54.6 Å². The minimum atomic E-state index is -0.971. The summed E-state index contributed by atoms with van der Waals surface area (Å²) in [6.07, 6.45) is 7.65. The second-order valence-corrected chi connectivity index (χ2v) is 13.6. The average Bonchev–Trinajstić information content (AvgIpc) is 3.60. The van der Waals surface area contributed by atoms with E-state index in [1.807, 2.05) is 44.2 Å². The van der Waals surface area contributed by atoms with Crippen LogP contribution in [0.25, 0.3) is 0 Å². The van der Waals surface area contributed by atoms with Gasteiger partial charge in [-0.15, -0.1) is 0 Å². The average molecular weight is 676 g/mol. The number of carbonyl (C=O) groups excluding carboxylic acids is 5. The highest BCUT2D eigenvalue weighted by molar-refractivity contribution is 6.00. The van der Waals surface area contributed by atoms with Crippen molar-refractivity contribution in [1.29, 1.82) is 0 Å². The largest absolute Gasteiger partial charge is 0.493 e. The Morgan fingerprint density at radius 2 is 1.51 bits per heavy atom. The molecule has 1 aliphatic carbocycles. The molecule has 266 valence electrons. The van der Waals surface area contributed by atoms with Crippen molar-refractivity contribution in [3.63, 3.8) is 0 Å². The molecule has 1 fully saturated rings. The van der Waals surface area contributed by atoms with Crippen LogP contribution in [0.1, 0.15) is 100 Å². The van der Waals surface area contributed by atoms with Gasteiger partial charge in [0.05, 0.1) is 12.2 Å². The van der Waals surface area contributed by atoms with Gasteiger partial charge in [-0.05, 0) is 62.1 Å². The van der Waals surface area contributed by atoms with Crippen molar-refractivity contribution in [2.75, 3.05) is 13.2 Å². The summed E-state index contributed by atoms with van der Waals surface area (Å²) in [5.41, 5.74) is 1.22. The maximum Gasteiger partial charge on any atom is 0.255 e. The molecule has 2 aliphatic rings. The lowest BCUT2D eigenvalue weighted by molar-refractivity contribution is -0.132. The van der Waals surface area contributed by atoms with Gasteiger partial charge in [-0.3, -0.25) is 24.0 Å². The van der Waals surface area contributed by atoms with Gasteiger partial charge >= 0.3 is 0 Å². The van der Waals surface area contributed by atoms with E-state index in [0.29, 0.717) is 37.3 Å². The molecule has 2 aromatic rings. The third-order valence-corrected chi connectivity index (χ3v) is 9.02. The van der Waals surface area contributed by atoms with Crippen LogP contribution in [0.3, 0.4) is 0 Å². The Bertz CT molecular complexity index is 1390. The number of ether oxygens (including phenoxy) is 1. The van der Waals surface area contributed by atoms with Crippen LogP contribution < -0.4 is 31.3 Å². The van der Waals surface area contributed by atoms with Crippen molar-refractivity contribution in [3.8, 4) is 5.75 Å². The summed E-state index contributed by atoms with van der Waals surface area (Å²) < 4.78 is 6.00. The first-order chi connectivity index (χ1) is 23.7. The molecule has 5 N–H and O–H groups in total. The third kappa shape index (κ3) is 12.5. The van der Waals surface area contributed by atoms with E-state index >= 15 is 0 Å². The van der Waals surface area contributed by atoms with Crippen molar-refractivity contribution in [2.45, 2.75) is 115 Å². The van der Waals surface area contributed by atoms with Crippen molar-refractivity contribution in [1.82, 2.24) is 26.6 Å². The summed E-state index contributed by atoms with van der Waals surface area (Å²) in [5, 5.41) is 14.6. The van der Waals surface area contributed by atoms with Crippen LogP contribution in [-0.4, -0.2) is 66.9 Å². The summed E-state index contributed by atoms with van der Waals surface area (Å²) in [6, 6.07) is 13.8. The number of carbonyl (C=O) groups is 5. The number of rotatable bonds is 6. The van der Waals surface area contributed by atoms with Gasteiger partial charge in [-0.25, -0.2) is 0 Å². The van der Waals surface area contributed by atoms with Gasteiger partial charge in [0.2, 0.25) is 23.6 Å². The van der Waals surface area contributed by atoms with Gasteiger partial charge in [0, 0.05) is 25.4 Å². The molecule has 1 heterocycles. The normalized spacial score (nSPS) is 22.6. The summed E-state index contributed by atoms with van der Waals surface area (Å²) in [5.74, 6) is -1.45. The van der Waals surface area contributed by atoms with Crippen LogP contribution in [0.4, 0.5) is 0 Å². The molecule has 0 aromatic heterocycles. The fourth-order valence-corrected chi connectivity index (χ4v) is 6.33. The molecule has 0 unspecified atom stereocenters. The highest BCUT2D eigenvalue weighted by Crippen LogP contribution is 2.21. The molecule has 11 heteroatoms. The fourth-order valence-electron chi connectivity index (χ4n) is 6.33. The van der Waals surface area contributed by atoms with Gasteiger partial charge in [-0.1, -0.05) is 82.0 Å². The molecule has 5 amide bonds. The zero-order valence-corrected chi connectivity index (χ0v) is 28.9. The number of fused-ring (bicyclic) bond motifs is 1. The number of benzene rings is 2. The summed E-state index contributed by atoms with van der Waals surface area (Å²) in [4.78, 5) is 67.4. The van der Waals surface area contributed by atoms with E-state index in [2.05, 4.69) is 26.6 Å². The second kappa shape index (κ2) is 19.6. The minimum absolute atomic E-state index is 0.0309. The molecule has 2 aromatic carbocycles. The van der Waals surface area contributed by atoms with Crippen molar-refractivity contribution in [3.05, 3.63) is 65.7 Å². The Hall–Kier alpha value is -4.41. The third-order valence-electron chi connectivity index (χ3n) is 9.02. The maximum absolute atomic E-state index is 13.7. The number of amides is 5. The van der Waals surface area contributed by atoms with Gasteiger partial charge < -0.3 is 31.3 Å². The van der Waals surface area contributed by atoms with E-state index in [1.165, 1.54) is 0 Å². The highest BCUT2D eigenvalue weighted by Gasteiger charge is 2.30. The molecule has 1 saturated carbocycles. The Labute approximate surface area is 290 Å². The van der Waals surface area contributed by atoms with Crippen LogP contribution in [0.2, 0.25) is 0 Å². The van der Waals surface area contributed by atoms with Crippen molar-refractivity contribution >= 4 is 29.5 Å². The minimum Gasteiger partial charge on any atom is -0.493 e. The first-order valence-electron chi connectivity index (χ1n) is 17.9. The maximum atomic E-state index is 13.7. The van der Waals surface area contributed by atoms with E-state index in [0.717, 1.165) is 56.9 Å². The number of hydrogen-bond acceptors (Lipinski definition) is 6. The zero-order valence-electron chi connectivity index (χ0n) is 28.9. The zero-order chi connectivity index (χ0) is 35.0. The monoisotopic (exact) mass is 675 g/mol. The molecule has 0 bridgehead atoms. The van der Waals surface area contributed by atoms with Crippen molar-refractivity contribution in [2.24, 2.45) is 5.92 Å². The fraction of sp³-hybridized carbons (Fsp3) is 0.553. The van der Waals surface area contributed by atoms with Crippen LogP contribution in [0, 0.1) is 5.92 Å². The summed E-state index contributed by atoms with van der Waals surface area (Å²) >= 11 is 0. The molecular formula is C38H53N5O6. The van der Waals surface area contributed by atoms with Gasteiger partial charge in [0.1, 0.15) is 23.9 Å². The molecule has 0 radical (unpaired) electrons. The summed E-state index contributed by atoms with van der Waals surface area (Å²) in [6.45, 7) is 4.78. The molecule has 1 aliphatic heterocycles. The van der Waals surface area contributed by atoms with Crippen LogP contribution >= 0.6 is 0 Å². The molecule has 3 atom stereocenters. The van der Waals surface area contributed by atoms with Crippen LogP contribution in [0.5, 0.6) is 5.75 Å². The topological polar surface area (TPSA) is 155 Å². The SMILES string of the molecule is CC(C)C[C@@H]1NC(=O)CC[C@@H](C(=O)NC2CCCC2)NC(=O)c2ccccc2OCCCCCCNC(=O)[C@H](Cc2ccccc2)NC1=O. The van der Waals surface area contributed by atoms with Gasteiger partial charge in [0.15, 0.2) is 0 Å². The molecule has 0 spiro atoms. The second-order valence-electron chi connectivity index (χ2n) is 13.6. The number of hydrogen-bond donors (Lipinski definition) is 5. The Kier molecular flexibility index (Phi) is 14.9. The molecule has 0 saturated heterocycles. The van der Waals surface area contributed by atoms with E-state index in [1.54, 1.807) is 24.3 Å². The lowest BCUT2D eigenvalue weighted by Gasteiger charge is -2.25. The Morgan fingerprint density at radius 3 is 2.27 bits per heavy atom. The lowest BCUT2D eigenvalue weighted by atomic mass is 10.0. The van der Waals surface area contributed by atoms with Gasteiger partial charge in [-0.2, -0.15) is 0 Å². The standard InChI is InChI=1S/C38H53N5O6/c1-26(2)24-31-38(48)43-32(25-27-14-6-5-7-15-27)36(46)39-22-12-3-4-13-23-49-33-19-11-10-18-29(33)35(45)42-30(20-21-34(44)41-31)37(47)40-28-16-8-9-17-28/h5-7,10-11,14-15,18-19,26,28,30-32H,3-4,8-9,12-13,16-17,20-25H2,1-2H3,(H,39,46)(H,40,47)(H,41,44)(H,42,45)(H,43,48)/t30-,31-,32-/m0/s1. The van der Waals surface area contributed by atoms with E-state index in [4.69, 9.17) is 4.74 Å². The molecule has 4 rings (SSSR count). The lowest BCUT2D eigenvalue weighted by Crippen LogP contribution is -2.55. The first-order valence-corrected chi connectivity index (χ1v) is 17.9. The quantitative estimate of drug-likeness (QED) is 0.313. The first kappa shape index (κ1) is 37.4. The number of nitrogens with one attached hydrogen (secondary N) is 5. The Balaban J connectivity index is 1.54. The van der Waals surface area contributed by atoms with E-state index in [9.17, 15) is 24.0 Å². The number of para-hydroxylation sites is 1. The highest BCUT2D eigenvalue weighted by atomic mass is 16.5. The molecule has 49 heavy (non-hydrogen) atoms. The summed E-state index contributed by atoms with van der Waals surface area (Å²) in [7, 11) is 0. The predicted octanol–water partition coefficient (Wildman–Crippen LogP) is 3.95. The molecular weight excluding hydrogens is 622 g/mol. The molecule has 11 nitrogen and oxygen atoms in total. The van der Waals surface area contributed by atoms with Crippen molar-refractivity contribution < 1.29 is 28.7 Å². The van der Waals surface area contributed by atoms with E-state index < -0.39 is 35.8 Å².